The Kier molecular flexibility index (Phi) is 7.79. The van der Waals surface area contributed by atoms with Crippen LogP contribution in [0.2, 0.25) is 5.02 Å². The number of carbonyl (C=O) groups is 1. The highest BCUT2D eigenvalue weighted by molar-refractivity contribution is 6.33. The average molecular weight is 490 g/mol. The van der Waals surface area contributed by atoms with Crippen LogP contribution in [0.25, 0.3) is 0 Å². The molecule has 0 aromatic heterocycles. The van der Waals surface area contributed by atoms with Gasteiger partial charge in [0.05, 0.1) is 23.9 Å². The maximum Gasteiger partial charge on any atom is 0.434 e. The maximum absolute atomic E-state index is 12.8. The molecule has 1 unspecified atom stereocenters. The van der Waals surface area contributed by atoms with Crippen LogP contribution in [0.1, 0.15) is 5.56 Å². The summed E-state index contributed by atoms with van der Waals surface area (Å²) in [4.78, 5) is 15.8. The van der Waals surface area contributed by atoms with Gasteiger partial charge in [-0.25, -0.2) is 0 Å². The number of hydrogen-bond acceptors (Lipinski definition) is 6. The number of ether oxygens (including phenoxy) is 2. The van der Waals surface area contributed by atoms with Crippen molar-refractivity contribution in [1.29, 1.82) is 0 Å². The van der Waals surface area contributed by atoms with Crippen LogP contribution in [0.15, 0.2) is 18.2 Å². The van der Waals surface area contributed by atoms with Crippen LogP contribution in [0, 0.1) is 0 Å². The number of esters is 1. The predicted octanol–water partition coefficient (Wildman–Crippen LogP) is 2.99. The van der Waals surface area contributed by atoms with Gasteiger partial charge >= 0.3 is 18.3 Å². The number of carbonyl (C=O) groups excluding carboxylic acids is 1. The summed E-state index contributed by atoms with van der Waals surface area (Å²) in [5.41, 5.74) is 1.46. The van der Waals surface area contributed by atoms with E-state index >= 15 is 0 Å². The molecular formula is C19H22ClF6N3O3. The molecule has 2 heterocycles. The molecule has 180 valence electrons. The van der Waals surface area contributed by atoms with Crippen molar-refractivity contribution in [2.24, 2.45) is 0 Å². The third-order valence-electron chi connectivity index (χ3n) is 5.20. The van der Waals surface area contributed by atoms with E-state index < -0.39 is 30.5 Å². The van der Waals surface area contributed by atoms with Gasteiger partial charge in [0.2, 0.25) is 0 Å². The molecule has 0 spiro atoms. The van der Waals surface area contributed by atoms with E-state index in [1.807, 2.05) is 0 Å². The predicted molar refractivity (Wildman–Crippen MR) is 104 cm³/mol. The molecular weight excluding hydrogens is 468 g/mol. The van der Waals surface area contributed by atoms with Gasteiger partial charge in [0, 0.05) is 39.3 Å². The molecule has 2 aliphatic rings. The normalized spacial score (nSPS) is 21.1. The van der Waals surface area contributed by atoms with Gasteiger partial charge in [-0.1, -0.05) is 17.7 Å². The second-order valence-electron chi connectivity index (χ2n) is 7.48. The highest BCUT2D eigenvalue weighted by Gasteiger charge is 2.60. The Morgan fingerprint density at radius 2 is 1.81 bits per heavy atom. The van der Waals surface area contributed by atoms with Crippen LogP contribution in [0.4, 0.5) is 32.0 Å². The van der Waals surface area contributed by atoms with Gasteiger partial charge in [-0.15, -0.1) is 0 Å². The number of anilines is 1. The molecule has 1 N–H and O–H groups in total. The first-order valence-corrected chi connectivity index (χ1v) is 10.2. The fourth-order valence-corrected chi connectivity index (χ4v) is 3.95. The summed E-state index contributed by atoms with van der Waals surface area (Å²) < 4.78 is 85.8. The SMILES string of the molecule is O=C(OC(C(F)(F)F)C(F)(F)F)C1CNCCN1Cc1ccc(N2CCOCC2)c(Cl)c1. The molecule has 0 radical (unpaired) electrons. The number of rotatable bonds is 5. The summed E-state index contributed by atoms with van der Waals surface area (Å²) in [6.45, 7) is 3.08. The van der Waals surface area contributed by atoms with Crippen LogP contribution in [0.5, 0.6) is 0 Å². The monoisotopic (exact) mass is 489 g/mol. The lowest BCUT2D eigenvalue weighted by Crippen LogP contribution is -2.57. The van der Waals surface area contributed by atoms with Crippen molar-refractivity contribution in [3.05, 3.63) is 28.8 Å². The second kappa shape index (κ2) is 10.0. The van der Waals surface area contributed by atoms with Gasteiger partial charge in [0.25, 0.3) is 6.10 Å². The van der Waals surface area contributed by atoms with Crippen molar-refractivity contribution in [2.75, 3.05) is 50.8 Å². The molecule has 13 heteroatoms. The first kappa shape index (κ1) is 24.9. The summed E-state index contributed by atoms with van der Waals surface area (Å²) in [6.07, 6.45) is -15.7. The summed E-state index contributed by atoms with van der Waals surface area (Å²) in [5, 5.41) is 3.25. The van der Waals surface area contributed by atoms with E-state index in [2.05, 4.69) is 15.0 Å². The molecule has 0 bridgehead atoms. The number of nitrogens with zero attached hydrogens (tertiary/aromatic N) is 2. The minimum absolute atomic E-state index is 0.104. The van der Waals surface area contributed by atoms with E-state index in [-0.39, 0.29) is 19.6 Å². The Morgan fingerprint density at radius 1 is 1.16 bits per heavy atom. The van der Waals surface area contributed by atoms with Crippen LogP contribution < -0.4 is 10.2 Å². The number of benzene rings is 1. The molecule has 2 aliphatic heterocycles. The quantitative estimate of drug-likeness (QED) is 0.507. The number of alkyl halides is 6. The third-order valence-corrected chi connectivity index (χ3v) is 5.51. The van der Waals surface area contributed by atoms with Crippen LogP contribution in [-0.4, -0.2) is 81.3 Å². The minimum atomic E-state index is -5.76. The topological polar surface area (TPSA) is 54.0 Å². The number of morpholine rings is 1. The van der Waals surface area contributed by atoms with Crippen molar-refractivity contribution in [3.63, 3.8) is 0 Å². The van der Waals surface area contributed by atoms with E-state index in [0.29, 0.717) is 43.4 Å². The van der Waals surface area contributed by atoms with Gasteiger partial charge < -0.3 is 19.7 Å². The highest BCUT2D eigenvalue weighted by Crippen LogP contribution is 2.36. The zero-order valence-corrected chi connectivity index (χ0v) is 17.6. The molecule has 0 aliphatic carbocycles. The molecule has 2 fully saturated rings. The van der Waals surface area contributed by atoms with E-state index in [1.54, 1.807) is 18.2 Å². The number of piperazine rings is 1. The number of halogens is 7. The zero-order chi connectivity index (χ0) is 23.5. The van der Waals surface area contributed by atoms with E-state index in [9.17, 15) is 31.1 Å². The fraction of sp³-hybridized carbons (Fsp3) is 0.632. The van der Waals surface area contributed by atoms with Crippen molar-refractivity contribution >= 4 is 23.3 Å². The Bertz CT molecular complexity index is 787. The van der Waals surface area contributed by atoms with Crippen LogP contribution in [0.3, 0.4) is 0 Å². The van der Waals surface area contributed by atoms with Crippen molar-refractivity contribution in [3.8, 4) is 0 Å². The molecule has 32 heavy (non-hydrogen) atoms. The van der Waals surface area contributed by atoms with Gasteiger partial charge in [-0.05, 0) is 17.7 Å². The molecule has 1 aromatic carbocycles. The van der Waals surface area contributed by atoms with Gasteiger partial charge in [0.1, 0.15) is 6.04 Å². The van der Waals surface area contributed by atoms with Crippen LogP contribution >= 0.6 is 11.6 Å². The highest BCUT2D eigenvalue weighted by atomic mass is 35.5. The Balaban J connectivity index is 1.71. The fourth-order valence-electron chi connectivity index (χ4n) is 3.63. The average Bonchev–Trinajstić information content (AvgIpc) is 2.71. The summed E-state index contributed by atoms with van der Waals surface area (Å²) >= 11 is 6.39. The van der Waals surface area contributed by atoms with E-state index in [4.69, 9.17) is 16.3 Å². The largest absolute Gasteiger partial charge is 0.442 e. The lowest BCUT2D eigenvalue weighted by molar-refractivity contribution is -0.314. The molecule has 0 saturated carbocycles. The van der Waals surface area contributed by atoms with Crippen molar-refractivity contribution < 1.29 is 40.6 Å². The van der Waals surface area contributed by atoms with Gasteiger partial charge in [0.15, 0.2) is 0 Å². The summed E-state index contributed by atoms with van der Waals surface area (Å²) in [6, 6.07) is 3.91. The minimum Gasteiger partial charge on any atom is -0.442 e. The Hall–Kier alpha value is -1.76. The Labute approximate surface area is 185 Å². The van der Waals surface area contributed by atoms with E-state index in [0.717, 1.165) is 5.69 Å². The standard InChI is InChI=1S/C19H22ClF6N3O3/c20-13-9-12(1-2-14(13)28-5-7-31-8-6-28)11-29-4-3-27-10-15(29)16(30)32-17(18(21,22)23)19(24,25)26/h1-2,9,15,17,27H,3-8,10-11H2. The molecule has 1 atom stereocenters. The lowest BCUT2D eigenvalue weighted by atomic mass is 10.1. The Morgan fingerprint density at radius 3 is 2.41 bits per heavy atom. The van der Waals surface area contributed by atoms with Crippen molar-refractivity contribution in [2.45, 2.75) is 31.0 Å². The lowest BCUT2D eigenvalue weighted by Gasteiger charge is -2.36. The van der Waals surface area contributed by atoms with E-state index in [1.165, 1.54) is 4.90 Å². The second-order valence-corrected chi connectivity index (χ2v) is 7.88. The number of hydrogen-bond donors (Lipinski definition) is 1. The molecule has 0 amide bonds. The van der Waals surface area contributed by atoms with Crippen LogP contribution in [-0.2, 0) is 20.8 Å². The van der Waals surface area contributed by atoms with Crippen molar-refractivity contribution in [1.82, 2.24) is 10.2 Å². The molecule has 1 aromatic rings. The smallest absolute Gasteiger partial charge is 0.434 e. The van der Waals surface area contributed by atoms with Gasteiger partial charge in [-0.2, -0.15) is 26.3 Å². The number of nitrogens with one attached hydrogen (secondary N) is 1. The zero-order valence-electron chi connectivity index (χ0n) is 16.8. The summed E-state index contributed by atoms with van der Waals surface area (Å²) in [7, 11) is 0. The molecule has 2 saturated heterocycles. The maximum atomic E-state index is 12.8. The first-order chi connectivity index (χ1) is 15.0. The van der Waals surface area contributed by atoms with Gasteiger partial charge in [-0.3, -0.25) is 9.69 Å². The summed E-state index contributed by atoms with van der Waals surface area (Å²) in [5.74, 6) is -1.59. The molecule has 6 nitrogen and oxygen atoms in total. The molecule has 3 rings (SSSR count). The third kappa shape index (κ3) is 6.18. The first-order valence-electron chi connectivity index (χ1n) is 9.86.